The van der Waals surface area contributed by atoms with E-state index in [2.05, 4.69) is 15.4 Å². The Balaban J connectivity index is 1.39. The average molecular weight is 478 g/mol. The van der Waals surface area contributed by atoms with Gasteiger partial charge in [-0.05, 0) is 60.5 Å². The van der Waals surface area contributed by atoms with Gasteiger partial charge in [0.15, 0.2) is 15.5 Å². The molecule has 9 nitrogen and oxygen atoms in total. The van der Waals surface area contributed by atoms with Gasteiger partial charge in [-0.15, -0.1) is 5.10 Å². The molecule has 3 heterocycles. The second kappa shape index (κ2) is 8.54. The second-order valence-electron chi connectivity index (χ2n) is 8.32. The fourth-order valence-electron chi connectivity index (χ4n) is 4.01. The monoisotopic (exact) mass is 477 g/mol. The van der Waals surface area contributed by atoms with Crippen LogP contribution in [0.15, 0.2) is 71.8 Å². The molecule has 10 heteroatoms. The van der Waals surface area contributed by atoms with E-state index in [-0.39, 0.29) is 10.8 Å². The summed E-state index contributed by atoms with van der Waals surface area (Å²) in [6.45, 7) is 0.917. The van der Waals surface area contributed by atoms with Gasteiger partial charge in [-0.3, -0.25) is 4.79 Å². The molecule has 0 spiro atoms. The summed E-state index contributed by atoms with van der Waals surface area (Å²) in [5.41, 5.74) is 3.32. The molecule has 0 saturated carbocycles. The summed E-state index contributed by atoms with van der Waals surface area (Å²) in [5, 5.41) is 17.3. The van der Waals surface area contributed by atoms with Crippen molar-refractivity contribution in [3.8, 4) is 11.1 Å². The van der Waals surface area contributed by atoms with Crippen LogP contribution in [-0.4, -0.2) is 64.4 Å². The lowest BCUT2D eigenvalue weighted by Gasteiger charge is -2.15. The van der Waals surface area contributed by atoms with Crippen LogP contribution in [-0.2, 0) is 9.84 Å². The number of amides is 1. The molecule has 0 bridgehead atoms. The lowest BCUT2D eigenvalue weighted by atomic mass is 10.1. The minimum Gasteiger partial charge on any atom is -0.391 e. The fraction of sp³-hybridized carbons (Fsp3) is 0.208. The van der Waals surface area contributed by atoms with E-state index in [4.69, 9.17) is 0 Å². The number of rotatable bonds is 5. The first-order valence-corrected chi connectivity index (χ1v) is 12.7. The van der Waals surface area contributed by atoms with Gasteiger partial charge in [0.1, 0.15) is 0 Å². The Morgan fingerprint density at radius 2 is 1.91 bits per heavy atom. The number of carbonyl (C=O) groups excluding carboxylic acids is 1. The number of sulfone groups is 1. The van der Waals surface area contributed by atoms with Crippen molar-refractivity contribution >= 4 is 33.0 Å². The number of pyridine rings is 1. The number of aliphatic hydroxyl groups excluding tert-OH is 1. The lowest BCUT2D eigenvalue weighted by molar-refractivity contribution is 0.0765. The number of likely N-dealkylation sites (tertiary alicyclic amines) is 1. The number of aliphatic hydroxyl groups is 1. The lowest BCUT2D eigenvalue weighted by Crippen LogP contribution is -2.29. The molecule has 4 aromatic rings. The minimum absolute atomic E-state index is 0.102. The second-order valence-corrected chi connectivity index (χ2v) is 10.3. The number of aromatic nitrogens is 3. The smallest absolute Gasteiger partial charge is 0.253 e. The number of benzene rings is 2. The number of β-amino-alcohol motifs (C(OH)–C–C–N with tert-alkyl or cyclic N) is 1. The van der Waals surface area contributed by atoms with E-state index in [1.54, 1.807) is 58.1 Å². The van der Waals surface area contributed by atoms with E-state index in [0.29, 0.717) is 36.7 Å². The van der Waals surface area contributed by atoms with E-state index in [1.807, 2.05) is 18.2 Å². The summed E-state index contributed by atoms with van der Waals surface area (Å²) in [6, 6.07) is 17.4. The van der Waals surface area contributed by atoms with Crippen molar-refractivity contribution in [2.45, 2.75) is 17.4 Å². The topological polar surface area (TPSA) is 117 Å². The van der Waals surface area contributed by atoms with Gasteiger partial charge < -0.3 is 15.3 Å². The molecule has 1 atom stereocenters. The van der Waals surface area contributed by atoms with Crippen molar-refractivity contribution in [3.05, 3.63) is 72.4 Å². The molecule has 1 fully saturated rings. The molecule has 1 saturated heterocycles. The third kappa shape index (κ3) is 4.37. The Labute approximate surface area is 196 Å². The molecular formula is C24H23N5O4S. The molecule has 5 rings (SSSR count). The number of nitrogens with one attached hydrogen (secondary N) is 1. The van der Waals surface area contributed by atoms with Crippen molar-refractivity contribution < 1.29 is 18.3 Å². The number of fused-ring (bicyclic) bond motifs is 1. The highest BCUT2D eigenvalue weighted by molar-refractivity contribution is 7.90. The summed E-state index contributed by atoms with van der Waals surface area (Å²) in [6.07, 6.45) is 3.10. The summed E-state index contributed by atoms with van der Waals surface area (Å²) in [5.74, 6) is 0.267. The van der Waals surface area contributed by atoms with E-state index in [0.717, 1.165) is 16.8 Å². The maximum Gasteiger partial charge on any atom is 0.253 e. The zero-order valence-corrected chi connectivity index (χ0v) is 19.2. The van der Waals surface area contributed by atoms with Gasteiger partial charge in [0.25, 0.3) is 5.91 Å². The standard InChI is InChI=1S/C24H23N5O4S/c1-34(32,33)20-5-2-4-17(14-20)21-6-3-12-29-22(21)26-24(27-29)25-18-9-7-16(8-10-18)23(31)28-13-11-19(30)15-28/h2-10,12,14,19,30H,11,13,15H2,1H3,(H,25,27)/t19-/m0/s1. The molecule has 1 amide bonds. The number of carbonyl (C=O) groups is 1. The maximum atomic E-state index is 12.6. The van der Waals surface area contributed by atoms with Gasteiger partial charge in [0.2, 0.25) is 5.95 Å². The Hall–Kier alpha value is -3.76. The van der Waals surface area contributed by atoms with Crippen molar-refractivity contribution in [3.63, 3.8) is 0 Å². The minimum atomic E-state index is -3.33. The van der Waals surface area contributed by atoms with Crippen LogP contribution >= 0.6 is 0 Å². The number of anilines is 2. The largest absolute Gasteiger partial charge is 0.391 e. The molecule has 0 unspecified atom stereocenters. The van der Waals surface area contributed by atoms with Gasteiger partial charge >= 0.3 is 0 Å². The van der Waals surface area contributed by atoms with Crippen molar-refractivity contribution in [1.29, 1.82) is 0 Å². The Bertz CT molecular complexity index is 1480. The Kier molecular flexibility index (Phi) is 5.54. The van der Waals surface area contributed by atoms with Crippen LogP contribution in [0.25, 0.3) is 16.8 Å². The summed E-state index contributed by atoms with van der Waals surface area (Å²) < 4.78 is 25.6. The van der Waals surface area contributed by atoms with Gasteiger partial charge in [0.05, 0.1) is 11.0 Å². The zero-order chi connectivity index (χ0) is 23.9. The third-order valence-corrected chi connectivity index (χ3v) is 6.88. The maximum absolute atomic E-state index is 12.6. The highest BCUT2D eigenvalue weighted by Gasteiger charge is 2.25. The molecule has 34 heavy (non-hydrogen) atoms. The molecule has 0 radical (unpaired) electrons. The molecule has 1 aliphatic rings. The van der Waals surface area contributed by atoms with Crippen LogP contribution < -0.4 is 5.32 Å². The Morgan fingerprint density at radius 1 is 1.12 bits per heavy atom. The van der Waals surface area contributed by atoms with Crippen LogP contribution in [0.2, 0.25) is 0 Å². The molecule has 2 aromatic heterocycles. The van der Waals surface area contributed by atoms with Gasteiger partial charge in [0, 0.05) is 42.4 Å². The number of hydrogen-bond donors (Lipinski definition) is 2. The molecule has 1 aliphatic heterocycles. The SMILES string of the molecule is CS(=O)(=O)c1cccc(-c2cccn3nc(Nc4ccc(C(=O)N5CC[C@H](O)C5)cc4)nc23)c1. The van der Waals surface area contributed by atoms with E-state index >= 15 is 0 Å². The molecular weight excluding hydrogens is 454 g/mol. The van der Waals surface area contributed by atoms with Crippen molar-refractivity contribution in [1.82, 2.24) is 19.5 Å². The highest BCUT2D eigenvalue weighted by Crippen LogP contribution is 2.27. The summed E-state index contributed by atoms with van der Waals surface area (Å²) in [7, 11) is -3.33. The van der Waals surface area contributed by atoms with Gasteiger partial charge in [-0.2, -0.15) is 4.98 Å². The molecule has 2 aromatic carbocycles. The summed E-state index contributed by atoms with van der Waals surface area (Å²) in [4.78, 5) is 19.0. The van der Waals surface area contributed by atoms with E-state index < -0.39 is 15.9 Å². The Morgan fingerprint density at radius 3 is 2.62 bits per heavy atom. The van der Waals surface area contributed by atoms with Crippen molar-refractivity contribution in [2.75, 3.05) is 24.7 Å². The number of hydrogen-bond acceptors (Lipinski definition) is 7. The predicted octanol–water partition coefficient (Wildman–Crippen LogP) is 2.75. The van der Waals surface area contributed by atoms with Crippen LogP contribution in [0.5, 0.6) is 0 Å². The predicted molar refractivity (Wildman–Crippen MR) is 128 cm³/mol. The molecule has 2 N–H and O–H groups in total. The third-order valence-electron chi connectivity index (χ3n) is 5.77. The van der Waals surface area contributed by atoms with E-state index in [1.165, 1.54) is 6.26 Å². The van der Waals surface area contributed by atoms with Crippen LogP contribution in [0.4, 0.5) is 11.6 Å². The fourth-order valence-corrected chi connectivity index (χ4v) is 4.68. The van der Waals surface area contributed by atoms with Crippen LogP contribution in [0, 0.1) is 0 Å². The van der Waals surface area contributed by atoms with Gasteiger partial charge in [-0.25, -0.2) is 12.9 Å². The van der Waals surface area contributed by atoms with Gasteiger partial charge in [-0.1, -0.05) is 12.1 Å². The summed E-state index contributed by atoms with van der Waals surface area (Å²) >= 11 is 0. The van der Waals surface area contributed by atoms with E-state index in [9.17, 15) is 18.3 Å². The average Bonchev–Trinajstić information content (AvgIpc) is 3.44. The zero-order valence-electron chi connectivity index (χ0n) is 18.4. The normalized spacial score (nSPS) is 16.2. The molecule has 174 valence electrons. The molecule has 0 aliphatic carbocycles. The first-order valence-electron chi connectivity index (χ1n) is 10.8. The van der Waals surface area contributed by atoms with Crippen LogP contribution in [0.1, 0.15) is 16.8 Å². The highest BCUT2D eigenvalue weighted by atomic mass is 32.2. The quantitative estimate of drug-likeness (QED) is 0.454. The van der Waals surface area contributed by atoms with Crippen LogP contribution in [0.3, 0.4) is 0 Å². The first kappa shape index (κ1) is 22.1. The van der Waals surface area contributed by atoms with Crippen molar-refractivity contribution in [2.24, 2.45) is 0 Å². The first-order chi connectivity index (χ1) is 16.3. The number of nitrogens with zero attached hydrogens (tertiary/aromatic N) is 4.